The summed E-state index contributed by atoms with van der Waals surface area (Å²) in [6.45, 7) is 7.09. The number of nitrogens with zero attached hydrogens (tertiary/aromatic N) is 2. The monoisotopic (exact) mass is 1290 g/mol. The first-order chi connectivity index (χ1) is 42.5. The van der Waals surface area contributed by atoms with Crippen LogP contribution in [-0.2, 0) is 22.7 Å². The normalized spacial score (nSPS) is 12.6. The minimum Gasteiger partial charge on any atom is -0.550 e. The number of hydrogen-bond acceptors (Lipinski definition) is 14. The maximum Gasteiger partial charge on any atom is 2.00 e. The van der Waals surface area contributed by atoms with E-state index in [-0.39, 0.29) is 144 Å². The first-order valence-electron chi connectivity index (χ1n) is 28.3. The van der Waals surface area contributed by atoms with E-state index in [1.54, 1.807) is 36.8 Å². The maximum atomic E-state index is 14.7. The molecule has 91 heavy (non-hydrogen) atoms. The molecule has 0 bridgehead atoms. The number of aliphatic hydroxyl groups is 4. The van der Waals surface area contributed by atoms with E-state index in [0.717, 1.165) is 36.4 Å². The van der Waals surface area contributed by atoms with Crippen molar-refractivity contribution in [3.8, 4) is 67.8 Å². The van der Waals surface area contributed by atoms with Crippen molar-refractivity contribution in [2.45, 2.75) is 116 Å². The van der Waals surface area contributed by atoms with Gasteiger partial charge >= 0.3 is 37.7 Å². The standard InChI is InChI=1S/2C33H33F3N2O7.Ca/c2*1-17(2)31-30(33(45)37-26-10-8-21(39)15-27(26)42)29(18-3-6-20(34)7-4-18)32(19-5-9-24(35)25(36)13-19)38(31)12-11-22(40)14-23(41)16-28(43)44;/h2*3-10,13,15,17,22-23,39-42H,11-12,14,16H2,1-2H3,(H,37,45)(H,43,44);/q;;+2/p-2/t2*22-,23-;/m11./s1. The number of phenolic OH excluding ortho intramolecular Hbond substituents is 4. The van der Waals surface area contributed by atoms with E-state index in [4.69, 9.17) is 0 Å². The van der Waals surface area contributed by atoms with Crippen LogP contribution in [0.4, 0.5) is 37.7 Å². The molecule has 0 saturated carbocycles. The summed E-state index contributed by atoms with van der Waals surface area (Å²) in [5.74, 6) is -12.2. The molecule has 0 aliphatic rings. The number of carbonyl (C=O) groups excluding carboxylic acids is 4. The Hall–Kier alpha value is -8.36. The van der Waals surface area contributed by atoms with Gasteiger partial charge in [-0.15, -0.1) is 0 Å². The molecule has 18 nitrogen and oxygen atoms in total. The van der Waals surface area contributed by atoms with E-state index in [0.29, 0.717) is 22.5 Å². The van der Waals surface area contributed by atoms with E-state index >= 15 is 0 Å². The zero-order valence-electron chi connectivity index (χ0n) is 49.6. The maximum absolute atomic E-state index is 14.7. The second kappa shape index (κ2) is 31.6. The van der Waals surface area contributed by atoms with Crippen LogP contribution in [0.1, 0.15) is 110 Å². The van der Waals surface area contributed by atoms with Gasteiger partial charge in [-0.05, 0) is 134 Å². The van der Waals surface area contributed by atoms with Crippen LogP contribution in [0.25, 0.3) is 44.8 Å². The molecule has 0 aliphatic carbocycles. The number of carboxylic acid groups (broad SMARTS) is 2. The van der Waals surface area contributed by atoms with Crippen LogP contribution in [0.3, 0.4) is 0 Å². The van der Waals surface area contributed by atoms with Gasteiger partial charge in [0.15, 0.2) is 23.3 Å². The second-order valence-corrected chi connectivity index (χ2v) is 22.0. The third-order valence-corrected chi connectivity index (χ3v) is 14.5. The van der Waals surface area contributed by atoms with Crippen LogP contribution < -0.4 is 20.8 Å². The number of phenols is 4. The van der Waals surface area contributed by atoms with Crippen molar-refractivity contribution in [3.63, 3.8) is 0 Å². The molecule has 0 spiro atoms. The third-order valence-electron chi connectivity index (χ3n) is 14.5. The number of hydrogen-bond donors (Lipinski definition) is 10. The van der Waals surface area contributed by atoms with Crippen molar-refractivity contribution in [1.82, 2.24) is 9.13 Å². The number of aromatic hydroxyl groups is 4. The van der Waals surface area contributed by atoms with E-state index in [1.165, 1.54) is 84.9 Å². The van der Waals surface area contributed by atoms with Crippen molar-refractivity contribution < 1.29 is 96.6 Å². The molecule has 4 atom stereocenters. The number of amides is 2. The minimum absolute atomic E-state index is 0. The van der Waals surface area contributed by atoms with Gasteiger partial charge in [0.05, 0.1) is 58.3 Å². The van der Waals surface area contributed by atoms with Crippen molar-refractivity contribution in [2.75, 3.05) is 10.6 Å². The summed E-state index contributed by atoms with van der Waals surface area (Å²) >= 11 is 0. The van der Waals surface area contributed by atoms with Gasteiger partial charge in [-0.25, -0.2) is 26.3 Å². The fraction of sp³-hybridized carbons (Fsp3) is 0.273. The molecule has 8 rings (SSSR count). The zero-order valence-corrected chi connectivity index (χ0v) is 51.8. The summed E-state index contributed by atoms with van der Waals surface area (Å²) in [7, 11) is 0. The van der Waals surface area contributed by atoms with Gasteiger partial charge in [-0.1, -0.05) is 52.0 Å². The number of carbonyl (C=O) groups is 4. The summed E-state index contributed by atoms with van der Waals surface area (Å²) in [5.41, 5.74) is 2.82. The summed E-state index contributed by atoms with van der Waals surface area (Å²) in [6.07, 6.45) is -7.16. The molecule has 0 radical (unpaired) electrons. The van der Waals surface area contributed by atoms with Crippen molar-refractivity contribution in [1.29, 1.82) is 0 Å². The Morgan fingerprint density at radius 2 is 0.780 bits per heavy atom. The molecule has 0 unspecified atom stereocenters. The van der Waals surface area contributed by atoms with Gasteiger partial charge in [-0.3, -0.25) is 9.59 Å². The average molecular weight is 1290 g/mol. The fourth-order valence-corrected chi connectivity index (χ4v) is 10.7. The van der Waals surface area contributed by atoms with Gasteiger partial charge in [0.1, 0.15) is 34.6 Å². The number of rotatable bonds is 24. The number of halogens is 6. The Morgan fingerprint density at radius 3 is 1.08 bits per heavy atom. The quantitative estimate of drug-likeness (QED) is 0.0117. The number of aliphatic carboxylic acids is 2. The molecule has 476 valence electrons. The minimum atomic E-state index is -1.48. The molecule has 8 aromatic rings. The number of benzene rings is 6. The Kier molecular flexibility index (Phi) is 24.9. The van der Waals surface area contributed by atoms with E-state index in [9.17, 15) is 96.6 Å². The van der Waals surface area contributed by atoms with Crippen LogP contribution in [0, 0.1) is 34.9 Å². The zero-order chi connectivity index (χ0) is 66.0. The molecule has 0 fully saturated rings. The summed E-state index contributed by atoms with van der Waals surface area (Å²) in [6, 6.07) is 23.9. The Balaban J connectivity index is 0.000000286. The predicted molar refractivity (Wildman–Crippen MR) is 321 cm³/mol. The van der Waals surface area contributed by atoms with Crippen LogP contribution in [0.2, 0.25) is 0 Å². The number of carboxylic acids is 2. The first-order valence-corrected chi connectivity index (χ1v) is 28.3. The molecule has 10 N–H and O–H groups in total. The van der Waals surface area contributed by atoms with Crippen molar-refractivity contribution in [2.24, 2.45) is 0 Å². The average Bonchev–Trinajstić information content (AvgIpc) is 1.60. The molecule has 2 amide bonds. The largest absolute Gasteiger partial charge is 2.00 e. The Bertz CT molecular complexity index is 3670. The summed E-state index contributed by atoms with van der Waals surface area (Å²) in [4.78, 5) is 49.9. The Labute approximate surface area is 548 Å². The van der Waals surface area contributed by atoms with Gasteiger partial charge in [-0.2, -0.15) is 0 Å². The van der Waals surface area contributed by atoms with Crippen LogP contribution >= 0.6 is 0 Å². The van der Waals surface area contributed by atoms with E-state index < -0.39 is 119 Å². The number of aromatic nitrogens is 2. The fourth-order valence-electron chi connectivity index (χ4n) is 10.7. The molecule has 25 heteroatoms. The molecule has 6 aromatic carbocycles. The van der Waals surface area contributed by atoms with E-state index in [1.807, 2.05) is 0 Å². The molecular formula is C66H64CaF6N4O14. The smallest absolute Gasteiger partial charge is 0.550 e. The van der Waals surface area contributed by atoms with Crippen LogP contribution in [-0.4, -0.2) is 136 Å². The Morgan fingerprint density at radius 1 is 0.451 bits per heavy atom. The van der Waals surface area contributed by atoms with Crippen molar-refractivity contribution >= 4 is 72.9 Å². The van der Waals surface area contributed by atoms with Crippen LogP contribution in [0.5, 0.6) is 23.0 Å². The van der Waals surface area contributed by atoms with Gasteiger partial charge < -0.3 is 80.4 Å². The molecule has 0 aliphatic heterocycles. The van der Waals surface area contributed by atoms with Crippen molar-refractivity contribution in [3.05, 3.63) is 179 Å². The molecule has 0 saturated heterocycles. The number of anilines is 2. The van der Waals surface area contributed by atoms with E-state index in [2.05, 4.69) is 10.6 Å². The molecule has 2 aromatic heterocycles. The predicted octanol–water partition coefficient (Wildman–Crippen LogP) is 8.96. The molecule has 2 heterocycles. The van der Waals surface area contributed by atoms with Gasteiger partial charge in [0, 0.05) is 83.6 Å². The van der Waals surface area contributed by atoms with Gasteiger partial charge in [0.2, 0.25) is 0 Å². The number of nitrogens with one attached hydrogen (secondary N) is 2. The SMILES string of the molecule is CC(C)c1c(C(=O)Nc2ccc(O)cc2O)c(-c2ccc(F)cc2)c(-c2ccc(F)c(F)c2)n1CC[C@@H](O)C[C@@H](O)CC(=O)[O-].CC(C)c1c(C(=O)Nc2ccc(O)cc2O)c(-c2ccc(F)cc2)c(-c2ccc(F)c(F)c2)n1CC[C@@H](O)C[C@@H](O)CC(=O)[O-].[Ca+2]. The topological polar surface area (TPSA) is 310 Å². The summed E-state index contributed by atoms with van der Waals surface area (Å²) in [5, 5.41) is 108. The van der Waals surface area contributed by atoms with Crippen LogP contribution in [0.15, 0.2) is 121 Å². The molecular weight excluding hydrogens is 1230 g/mol. The summed E-state index contributed by atoms with van der Waals surface area (Å²) < 4.78 is 88.8. The number of aliphatic hydroxyl groups excluding tert-OH is 4. The second-order valence-electron chi connectivity index (χ2n) is 22.0. The third kappa shape index (κ3) is 18.0. The van der Waals surface area contributed by atoms with Gasteiger partial charge in [0.25, 0.3) is 11.8 Å². The first kappa shape index (κ1) is 71.7.